The van der Waals surface area contributed by atoms with Crippen molar-refractivity contribution in [1.29, 1.82) is 0 Å². The molecule has 2 aromatic carbocycles. The molecule has 3 heteroatoms. The summed E-state index contributed by atoms with van der Waals surface area (Å²) >= 11 is 0. The van der Waals surface area contributed by atoms with E-state index in [0.717, 1.165) is 37.7 Å². The van der Waals surface area contributed by atoms with E-state index in [2.05, 4.69) is 80.4 Å². The molecule has 24 heavy (non-hydrogen) atoms. The van der Waals surface area contributed by atoms with E-state index in [1.165, 1.54) is 11.3 Å². The molecule has 0 aliphatic carbocycles. The zero-order valence-electron chi connectivity index (χ0n) is 15.4. The summed E-state index contributed by atoms with van der Waals surface area (Å²) in [6.45, 7) is 12.3. The van der Waals surface area contributed by atoms with E-state index in [4.69, 9.17) is 4.74 Å². The van der Waals surface area contributed by atoms with Crippen LogP contribution in [-0.2, 0) is 6.54 Å². The SMILES string of the molecule is CCN(CC)c1ccc(NCc2cccc(OCC(C)C)c2)cc1. The van der Waals surface area contributed by atoms with Crippen LogP contribution in [0.3, 0.4) is 0 Å². The van der Waals surface area contributed by atoms with E-state index in [1.54, 1.807) is 0 Å². The average Bonchev–Trinajstić information content (AvgIpc) is 2.61. The molecule has 0 bridgehead atoms. The quantitative estimate of drug-likeness (QED) is 0.687. The van der Waals surface area contributed by atoms with Gasteiger partial charge in [0.05, 0.1) is 6.61 Å². The largest absolute Gasteiger partial charge is 0.493 e. The summed E-state index contributed by atoms with van der Waals surface area (Å²) in [6, 6.07) is 17.0. The van der Waals surface area contributed by atoms with Crippen molar-refractivity contribution in [3.05, 3.63) is 54.1 Å². The lowest BCUT2D eigenvalue weighted by Crippen LogP contribution is -2.21. The molecule has 0 fully saturated rings. The Labute approximate surface area is 146 Å². The van der Waals surface area contributed by atoms with Gasteiger partial charge in [0, 0.05) is 31.0 Å². The summed E-state index contributed by atoms with van der Waals surface area (Å²) in [5, 5.41) is 3.48. The Kier molecular flexibility index (Phi) is 6.98. The summed E-state index contributed by atoms with van der Waals surface area (Å²) in [4.78, 5) is 2.35. The molecule has 0 radical (unpaired) electrons. The third kappa shape index (κ3) is 5.48. The second-order valence-electron chi connectivity index (χ2n) is 6.42. The summed E-state index contributed by atoms with van der Waals surface area (Å²) in [5.74, 6) is 1.48. The molecule has 0 aliphatic heterocycles. The maximum absolute atomic E-state index is 5.79. The molecule has 0 aliphatic rings. The molecule has 130 valence electrons. The van der Waals surface area contributed by atoms with Crippen molar-refractivity contribution >= 4 is 11.4 Å². The lowest BCUT2D eigenvalue weighted by Gasteiger charge is -2.21. The number of nitrogens with zero attached hydrogens (tertiary/aromatic N) is 1. The Bertz CT molecular complexity index is 603. The normalized spacial score (nSPS) is 10.7. The van der Waals surface area contributed by atoms with Crippen LogP contribution in [-0.4, -0.2) is 19.7 Å². The highest BCUT2D eigenvalue weighted by Crippen LogP contribution is 2.19. The van der Waals surface area contributed by atoms with Crippen LogP contribution < -0.4 is 15.0 Å². The molecule has 3 nitrogen and oxygen atoms in total. The van der Waals surface area contributed by atoms with Crippen LogP contribution in [0.1, 0.15) is 33.3 Å². The maximum Gasteiger partial charge on any atom is 0.119 e. The fourth-order valence-electron chi connectivity index (χ4n) is 2.59. The van der Waals surface area contributed by atoms with Gasteiger partial charge in [-0.05, 0) is 61.7 Å². The summed E-state index contributed by atoms with van der Waals surface area (Å²) in [7, 11) is 0. The molecule has 0 heterocycles. The molecule has 2 rings (SSSR count). The van der Waals surface area contributed by atoms with Crippen LogP contribution in [0.15, 0.2) is 48.5 Å². The fourth-order valence-corrected chi connectivity index (χ4v) is 2.59. The molecule has 2 aromatic rings. The second kappa shape index (κ2) is 9.21. The molecule has 0 saturated heterocycles. The Balaban J connectivity index is 1.92. The van der Waals surface area contributed by atoms with Crippen molar-refractivity contribution in [2.45, 2.75) is 34.2 Å². The smallest absolute Gasteiger partial charge is 0.119 e. The first-order valence-corrected chi connectivity index (χ1v) is 8.93. The van der Waals surface area contributed by atoms with Gasteiger partial charge in [0.1, 0.15) is 5.75 Å². The van der Waals surface area contributed by atoms with Crippen LogP contribution >= 0.6 is 0 Å². The minimum absolute atomic E-state index is 0.538. The van der Waals surface area contributed by atoms with Gasteiger partial charge in [-0.2, -0.15) is 0 Å². The van der Waals surface area contributed by atoms with Crippen LogP contribution in [0.5, 0.6) is 5.75 Å². The molecule has 0 aromatic heterocycles. The van der Waals surface area contributed by atoms with Gasteiger partial charge in [0.25, 0.3) is 0 Å². The maximum atomic E-state index is 5.79. The molecule has 0 atom stereocenters. The summed E-state index contributed by atoms with van der Waals surface area (Å²) < 4.78 is 5.79. The summed E-state index contributed by atoms with van der Waals surface area (Å²) in [5.41, 5.74) is 3.64. The molecule has 0 unspecified atom stereocenters. The average molecular weight is 326 g/mol. The Morgan fingerprint density at radius 3 is 2.33 bits per heavy atom. The summed E-state index contributed by atoms with van der Waals surface area (Å²) in [6.07, 6.45) is 0. The minimum atomic E-state index is 0.538. The van der Waals surface area contributed by atoms with Gasteiger partial charge in [-0.25, -0.2) is 0 Å². The third-order valence-electron chi connectivity index (χ3n) is 3.97. The number of hydrogen-bond donors (Lipinski definition) is 1. The number of rotatable bonds is 9. The van der Waals surface area contributed by atoms with Crippen molar-refractivity contribution in [3.63, 3.8) is 0 Å². The minimum Gasteiger partial charge on any atom is -0.493 e. The number of benzene rings is 2. The van der Waals surface area contributed by atoms with Crippen molar-refractivity contribution < 1.29 is 4.74 Å². The lowest BCUT2D eigenvalue weighted by atomic mass is 10.2. The van der Waals surface area contributed by atoms with Gasteiger partial charge in [-0.15, -0.1) is 0 Å². The first kappa shape index (κ1) is 18.2. The van der Waals surface area contributed by atoms with Gasteiger partial charge in [0.15, 0.2) is 0 Å². The van der Waals surface area contributed by atoms with Crippen LogP contribution in [0.4, 0.5) is 11.4 Å². The van der Waals surface area contributed by atoms with Crippen molar-refractivity contribution in [2.24, 2.45) is 5.92 Å². The van der Waals surface area contributed by atoms with E-state index in [0.29, 0.717) is 5.92 Å². The zero-order chi connectivity index (χ0) is 17.4. The van der Waals surface area contributed by atoms with Gasteiger partial charge < -0.3 is 15.0 Å². The van der Waals surface area contributed by atoms with Gasteiger partial charge in [-0.3, -0.25) is 0 Å². The predicted molar refractivity (Wildman–Crippen MR) is 104 cm³/mol. The number of ether oxygens (including phenoxy) is 1. The topological polar surface area (TPSA) is 24.5 Å². The van der Waals surface area contributed by atoms with Crippen molar-refractivity contribution in [1.82, 2.24) is 0 Å². The molecule has 0 spiro atoms. The molecule has 0 saturated carbocycles. The molecule has 1 N–H and O–H groups in total. The standard InChI is InChI=1S/C21H30N2O/c1-5-23(6-2)20-12-10-19(11-13-20)22-15-18-8-7-9-21(14-18)24-16-17(3)4/h7-14,17,22H,5-6,15-16H2,1-4H3. The van der Waals surface area contributed by atoms with Gasteiger partial charge >= 0.3 is 0 Å². The molecule has 0 amide bonds. The first-order valence-electron chi connectivity index (χ1n) is 8.93. The highest BCUT2D eigenvalue weighted by Gasteiger charge is 2.02. The highest BCUT2D eigenvalue weighted by atomic mass is 16.5. The monoisotopic (exact) mass is 326 g/mol. The van der Waals surface area contributed by atoms with Gasteiger partial charge in [-0.1, -0.05) is 26.0 Å². The molecular weight excluding hydrogens is 296 g/mol. The van der Waals surface area contributed by atoms with Crippen molar-refractivity contribution in [2.75, 3.05) is 29.9 Å². The third-order valence-corrected chi connectivity index (χ3v) is 3.97. The van der Waals surface area contributed by atoms with E-state index in [9.17, 15) is 0 Å². The fraction of sp³-hybridized carbons (Fsp3) is 0.429. The second-order valence-corrected chi connectivity index (χ2v) is 6.42. The number of nitrogens with one attached hydrogen (secondary N) is 1. The van der Waals surface area contributed by atoms with Crippen LogP contribution in [0.25, 0.3) is 0 Å². The van der Waals surface area contributed by atoms with Crippen LogP contribution in [0.2, 0.25) is 0 Å². The van der Waals surface area contributed by atoms with E-state index in [-0.39, 0.29) is 0 Å². The lowest BCUT2D eigenvalue weighted by molar-refractivity contribution is 0.271. The predicted octanol–water partition coefficient (Wildman–Crippen LogP) is 5.18. The van der Waals surface area contributed by atoms with Gasteiger partial charge in [0.2, 0.25) is 0 Å². The number of hydrogen-bond acceptors (Lipinski definition) is 3. The Morgan fingerprint density at radius 1 is 1.00 bits per heavy atom. The Morgan fingerprint density at radius 2 is 1.71 bits per heavy atom. The zero-order valence-corrected chi connectivity index (χ0v) is 15.4. The number of anilines is 2. The first-order chi connectivity index (χ1) is 11.6. The highest BCUT2D eigenvalue weighted by molar-refractivity contribution is 5.55. The van der Waals surface area contributed by atoms with E-state index < -0.39 is 0 Å². The van der Waals surface area contributed by atoms with E-state index >= 15 is 0 Å². The molecular formula is C21H30N2O. The van der Waals surface area contributed by atoms with Crippen molar-refractivity contribution in [3.8, 4) is 5.75 Å². The van der Waals surface area contributed by atoms with Crippen LogP contribution in [0, 0.1) is 5.92 Å². The Hall–Kier alpha value is -2.16. The van der Waals surface area contributed by atoms with E-state index in [1.807, 2.05) is 6.07 Å².